The molecule has 25 heavy (non-hydrogen) atoms. The molecular formula is C20H25NO4. The number of aryl methyl sites for hydroxylation is 2. The standard InChI is InChI=1S/C20H25NO4/c1-13-12-14(2)25-18(13)19(22)21-11-5-6-17(21)20(3,23)15-7-9-16(24-4)10-8-15/h7-10,12,17,23H,5-6,11H2,1-4H3. The van der Waals surface area contributed by atoms with E-state index in [-0.39, 0.29) is 11.9 Å². The lowest BCUT2D eigenvalue weighted by Gasteiger charge is -2.36. The minimum absolute atomic E-state index is 0.151. The number of carbonyl (C=O) groups is 1. The lowest BCUT2D eigenvalue weighted by molar-refractivity contribution is -0.0186. The quantitative estimate of drug-likeness (QED) is 0.924. The number of benzene rings is 1. The maximum absolute atomic E-state index is 13.0. The summed E-state index contributed by atoms with van der Waals surface area (Å²) in [7, 11) is 1.61. The van der Waals surface area contributed by atoms with Gasteiger partial charge in [0.2, 0.25) is 0 Å². The lowest BCUT2D eigenvalue weighted by Crippen LogP contribution is -2.48. The first kappa shape index (κ1) is 17.5. The second-order valence-electron chi connectivity index (χ2n) is 6.90. The fraction of sp³-hybridized carbons (Fsp3) is 0.450. The van der Waals surface area contributed by atoms with Crippen LogP contribution in [0.5, 0.6) is 5.75 Å². The molecule has 1 N–H and O–H groups in total. The van der Waals surface area contributed by atoms with Crippen LogP contribution >= 0.6 is 0 Å². The number of carbonyl (C=O) groups excluding carboxylic acids is 1. The minimum atomic E-state index is -1.14. The summed E-state index contributed by atoms with van der Waals surface area (Å²) in [4.78, 5) is 14.7. The monoisotopic (exact) mass is 343 g/mol. The molecule has 1 aliphatic rings. The molecule has 0 aliphatic carbocycles. The second kappa shape index (κ2) is 6.56. The van der Waals surface area contributed by atoms with Crippen LogP contribution in [0.25, 0.3) is 0 Å². The van der Waals surface area contributed by atoms with E-state index >= 15 is 0 Å². The first-order chi connectivity index (χ1) is 11.8. The van der Waals surface area contributed by atoms with Crippen molar-refractivity contribution < 1.29 is 19.1 Å². The van der Waals surface area contributed by atoms with Crippen LogP contribution in [0, 0.1) is 13.8 Å². The fourth-order valence-electron chi connectivity index (χ4n) is 3.70. The van der Waals surface area contributed by atoms with E-state index in [1.54, 1.807) is 18.9 Å². The van der Waals surface area contributed by atoms with Gasteiger partial charge in [-0.3, -0.25) is 4.79 Å². The van der Waals surface area contributed by atoms with Crippen molar-refractivity contribution in [2.75, 3.05) is 13.7 Å². The summed E-state index contributed by atoms with van der Waals surface area (Å²) < 4.78 is 10.8. The second-order valence-corrected chi connectivity index (χ2v) is 6.90. The molecule has 0 spiro atoms. The molecule has 134 valence electrons. The summed E-state index contributed by atoms with van der Waals surface area (Å²) >= 11 is 0. The first-order valence-electron chi connectivity index (χ1n) is 8.59. The predicted molar refractivity (Wildman–Crippen MR) is 94.8 cm³/mol. The van der Waals surface area contributed by atoms with E-state index in [1.807, 2.05) is 44.2 Å². The molecule has 0 saturated carbocycles. The number of furan rings is 1. The zero-order chi connectivity index (χ0) is 18.2. The summed E-state index contributed by atoms with van der Waals surface area (Å²) in [5.41, 5.74) is 0.455. The minimum Gasteiger partial charge on any atom is -0.497 e. The Balaban J connectivity index is 1.89. The Bertz CT molecular complexity index is 761. The molecule has 2 atom stereocenters. The number of amides is 1. The predicted octanol–water partition coefficient (Wildman–Crippen LogP) is 3.42. The Morgan fingerprint density at radius 3 is 2.56 bits per heavy atom. The van der Waals surface area contributed by atoms with Crippen molar-refractivity contribution in [2.24, 2.45) is 0 Å². The molecule has 0 radical (unpaired) electrons. The highest BCUT2D eigenvalue weighted by Crippen LogP contribution is 2.36. The number of rotatable bonds is 4. The zero-order valence-electron chi connectivity index (χ0n) is 15.2. The third-order valence-corrected chi connectivity index (χ3v) is 5.07. The first-order valence-corrected chi connectivity index (χ1v) is 8.59. The van der Waals surface area contributed by atoms with E-state index in [2.05, 4.69) is 0 Å². The molecule has 1 aromatic carbocycles. The summed E-state index contributed by atoms with van der Waals surface area (Å²) in [5.74, 6) is 1.68. The van der Waals surface area contributed by atoms with E-state index < -0.39 is 5.60 Å². The Labute approximate surface area is 148 Å². The van der Waals surface area contributed by atoms with Gasteiger partial charge in [-0.25, -0.2) is 0 Å². The Hall–Kier alpha value is -2.27. The zero-order valence-corrected chi connectivity index (χ0v) is 15.2. The lowest BCUT2D eigenvalue weighted by atomic mass is 9.86. The molecule has 1 fully saturated rings. The van der Waals surface area contributed by atoms with E-state index in [0.29, 0.717) is 12.3 Å². The number of aliphatic hydroxyl groups is 1. The summed E-state index contributed by atoms with van der Waals surface area (Å²) in [6, 6.07) is 8.92. The van der Waals surface area contributed by atoms with E-state index in [4.69, 9.17) is 9.15 Å². The van der Waals surface area contributed by atoms with E-state index in [1.165, 1.54) is 0 Å². The maximum atomic E-state index is 13.0. The van der Waals surface area contributed by atoms with Gasteiger partial charge in [0.1, 0.15) is 17.1 Å². The van der Waals surface area contributed by atoms with Gasteiger partial charge in [0, 0.05) is 12.1 Å². The van der Waals surface area contributed by atoms with Gasteiger partial charge < -0.3 is 19.2 Å². The van der Waals surface area contributed by atoms with Gasteiger partial charge in [-0.1, -0.05) is 12.1 Å². The molecule has 1 aromatic heterocycles. The third kappa shape index (κ3) is 3.16. The van der Waals surface area contributed by atoms with Gasteiger partial charge in [-0.05, 0) is 57.4 Å². The summed E-state index contributed by atoms with van der Waals surface area (Å²) in [6.45, 7) is 6.09. The van der Waals surface area contributed by atoms with Crippen molar-refractivity contribution in [3.8, 4) is 5.75 Å². The number of hydrogen-bond acceptors (Lipinski definition) is 4. The average molecular weight is 343 g/mol. The molecule has 1 saturated heterocycles. The number of ether oxygens (including phenoxy) is 1. The highest BCUT2D eigenvalue weighted by molar-refractivity contribution is 5.93. The van der Waals surface area contributed by atoms with Gasteiger partial charge in [0.05, 0.1) is 13.2 Å². The molecular weight excluding hydrogens is 318 g/mol. The van der Waals surface area contributed by atoms with Crippen molar-refractivity contribution >= 4 is 5.91 Å². The van der Waals surface area contributed by atoms with Gasteiger partial charge in [0.15, 0.2) is 5.76 Å². The molecule has 2 aromatic rings. The van der Waals surface area contributed by atoms with Crippen molar-refractivity contribution in [1.82, 2.24) is 4.90 Å². The normalized spacial score (nSPS) is 19.7. The number of hydrogen-bond donors (Lipinski definition) is 1. The Kier molecular flexibility index (Phi) is 4.60. The largest absolute Gasteiger partial charge is 0.497 e. The average Bonchev–Trinajstić information content (AvgIpc) is 3.21. The smallest absolute Gasteiger partial charge is 0.290 e. The molecule has 2 unspecified atom stereocenters. The number of likely N-dealkylation sites (tertiary alicyclic amines) is 1. The van der Waals surface area contributed by atoms with Gasteiger partial charge in [-0.15, -0.1) is 0 Å². The number of nitrogens with zero attached hydrogens (tertiary/aromatic N) is 1. The van der Waals surface area contributed by atoms with Crippen molar-refractivity contribution in [2.45, 2.75) is 45.3 Å². The molecule has 2 heterocycles. The van der Waals surface area contributed by atoms with Gasteiger partial charge in [0.25, 0.3) is 5.91 Å². The van der Waals surface area contributed by atoms with Gasteiger partial charge >= 0.3 is 0 Å². The topological polar surface area (TPSA) is 62.9 Å². The van der Waals surface area contributed by atoms with Crippen LogP contribution in [0.4, 0.5) is 0 Å². The fourth-order valence-corrected chi connectivity index (χ4v) is 3.70. The van der Waals surface area contributed by atoms with Crippen molar-refractivity contribution in [3.63, 3.8) is 0 Å². The molecule has 3 rings (SSSR count). The molecule has 5 heteroatoms. The van der Waals surface area contributed by atoms with Crippen LogP contribution < -0.4 is 4.74 Å². The highest BCUT2D eigenvalue weighted by atomic mass is 16.5. The van der Waals surface area contributed by atoms with Crippen LogP contribution in [-0.4, -0.2) is 35.6 Å². The van der Waals surface area contributed by atoms with Crippen LogP contribution in [0.3, 0.4) is 0 Å². The van der Waals surface area contributed by atoms with Crippen LogP contribution in [-0.2, 0) is 5.60 Å². The van der Waals surface area contributed by atoms with E-state index in [0.717, 1.165) is 35.5 Å². The van der Waals surface area contributed by atoms with Crippen LogP contribution in [0.15, 0.2) is 34.7 Å². The Morgan fingerprint density at radius 2 is 2.00 bits per heavy atom. The van der Waals surface area contributed by atoms with Crippen molar-refractivity contribution in [3.05, 3.63) is 53.0 Å². The molecule has 0 bridgehead atoms. The van der Waals surface area contributed by atoms with E-state index in [9.17, 15) is 9.90 Å². The molecule has 1 aliphatic heterocycles. The van der Waals surface area contributed by atoms with Crippen LogP contribution in [0.1, 0.15) is 47.2 Å². The Morgan fingerprint density at radius 1 is 1.32 bits per heavy atom. The summed E-state index contributed by atoms with van der Waals surface area (Å²) in [5, 5.41) is 11.2. The molecule has 5 nitrogen and oxygen atoms in total. The maximum Gasteiger partial charge on any atom is 0.290 e. The van der Waals surface area contributed by atoms with Crippen molar-refractivity contribution in [1.29, 1.82) is 0 Å². The number of methoxy groups -OCH3 is 1. The summed E-state index contributed by atoms with van der Waals surface area (Å²) in [6.07, 6.45) is 1.62. The van der Waals surface area contributed by atoms with Crippen LogP contribution in [0.2, 0.25) is 0 Å². The third-order valence-electron chi connectivity index (χ3n) is 5.07. The molecule has 1 amide bonds. The highest BCUT2D eigenvalue weighted by Gasteiger charge is 2.43. The SMILES string of the molecule is COc1ccc(C(C)(O)C2CCCN2C(=O)c2oc(C)cc2C)cc1. The van der Waals surface area contributed by atoms with Gasteiger partial charge in [-0.2, -0.15) is 0 Å².